The van der Waals surface area contributed by atoms with Crippen molar-refractivity contribution >= 4 is 22.7 Å². The number of aryl methyl sites for hydroxylation is 1. The maximum absolute atomic E-state index is 12.4. The molecular weight excluding hydrogens is 293 g/mol. The summed E-state index contributed by atoms with van der Waals surface area (Å²) in [5.41, 5.74) is 5.90. The van der Waals surface area contributed by atoms with Crippen LogP contribution in [0.4, 0.5) is 13.2 Å². The van der Waals surface area contributed by atoms with E-state index in [0.29, 0.717) is 22.6 Å². The quantitative estimate of drug-likeness (QED) is 0.897. The maximum atomic E-state index is 12.4. The molecule has 2 aromatic heterocycles. The summed E-state index contributed by atoms with van der Waals surface area (Å²) in [5, 5.41) is 1.19. The predicted octanol–water partition coefficient (Wildman–Crippen LogP) is 4.25. The molecular formula is C12H13F3N2S2. The Hall–Kier alpha value is -0.920. The number of hydrogen-bond acceptors (Lipinski definition) is 4. The van der Waals surface area contributed by atoms with E-state index >= 15 is 0 Å². The lowest BCUT2D eigenvalue weighted by Crippen LogP contribution is -2.08. The van der Waals surface area contributed by atoms with Gasteiger partial charge in [-0.1, -0.05) is 6.07 Å². The minimum Gasteiger partial charge on any atom is -0.323 e. The normalized spacial score (nSPS) is 13.7. The van der Waals surface area contributed by atoms with E-state index in [1.54, 1.807) is 11.3 Å². The summed E-state index contributed by atoms with van der Waals surface area (Å²) in [6.07, 6.45) is -0.697. The van der Waals surface area contributed by atoms with Crippen LogP contribution in [0.2, 0.25) is 0 Å². The molecule has 0 saturated carbocycles. The average molecular weight is 306 g/mol. The van der Waals surface area contributed by atoms with Gasteiger partial charge >= 0.3 is 6.18 Å². The van der Waals surface area contributed by atoms with Crippen molar-refractivity contribution in [3.8, 4) is 0 Å². The topological polar surface area (TPSA) is 38.9 Å². The second kappa shape index (κ2) is 6.02. The van der Waals surface area contributed by atoms with Gasteiger partial charge in [-0.05, 0) is 30.7 Å². The summed E-state index contributed by atoms with van der Waals surface area (Å²) in [5.74, 6) is 0. The fraction of sp³-hybridized carbons (Fsp3) is 0.417. The molecule has 0 aromatic carbocycles. The second-order valence-corrected chi connectivity index (χ2v) is 6.24. The highest BCUT2D eigenvalue weighted by atomic mass is 32.1. The largest absolute Gasteiger partial charge is 0.443 e. The first-order valence-corrected chi connectivity index (χ1v) is 7.47. The fourth-order valence-electron chi connectivity index (χ4n) is 1.68. The van der Waals surface area contributed by atoms with Crippen LogP contribution in [-0.2, 0) is 12.6 Å². The number of rotatable bonds is 5. The molecule has 0 spiro atoms. The van der Waals surface area contributed by atoms with Gasteiger partial charge in [-0.15, -0.1) is 22.7 Å². The molecule has 0 fully saturated rings. The molecule has 2 heterocycles. The van der Waals surface area contributed by atoms with Gasteiger partial charge in [0, 0.05) is 22.0 Å². The molecule has 7 heteroatoms. The Morgan fingerprint density at radius 1 is 1.37 bits per heavy atom. The summed E-state index contributed by atoms with van der Waals surface area (Å²) in [4.78, 5) is 5.15. The van der Waals surface area contributed by atoms with Crippen molar-refractivity contribution in [2.24, 2.45) is 5.73 Å². The molecule has 0 aliphatic heterocycles. The number of thiazole rings is 1. The van der Waals surface area contributed by atoms with E-state index in [9.17, 15) is 13.2 Å². The van der Waals surface area contributed by atoms with E-state index in [-0.39, 0.29) is 6.04 Å². The van der Waals surface area contributed by atoms with Gasteiger partial charge < -0.3 is 5.73 Å². The minimum atomic E-state index is -4.38. The second-order valence-electron chi connectivity index (χ2n) is 4.14. The number of thiophene rings is 1. The van der Waals surface area contributed by atoms with Gasteiger partial charge in [-0.25, -0.2) is 4.98 Å². The van der Waals surface area contributed by atoms with Gasteiger partial charge in [-0.3, -0.25) is 0 Å². The third-order valence-corrected chi connectivity index (χ3v) is 4.76. The standard InChI is InChI=1S/C12H13F3N2S2/c13-12(14,15)11-17-7-10(19-11)9(16)5-1-3-8-4-2-6-18-8/h2,4,6-7,9H,1,3,5,16H2. The molecule has 19 heavy (non-hydrogen) atoms. The van der Waals surface area contributed by atoms with Crippen LogP contribution in [0.1, 0.15) is 33.6 Å². The lowest BCUT2D eigenvalue weighted by molar-refractivity contribution is -0.137. The number of nitrogens with two attached hydrogens (primary N) is 1. The molecule has 2 N–H and O–H groups in total. The highest BCUT2D eigenvalue weighted by molar-refractivity contribution is 7.11. The van der Waals surface area contributed by atoms with Gasteiger partial charge in [0.2, 0.25) is 0 Å². The molecule has 2 rings (SSSR count). The van der Waals surface area contributed by atoms with Crippen LogP contribution in [-0.4, -0.2) is 4.98 Å². The molecule has 0 aliphatic rings. The molecule has 2 nitrogen and oxygen atoms in total. The van der Waals surface area contributed by atoms with Crippen molar-refractivity contribution in [1.29, 1.82) is 0 Å². The highest BCUT2D eigenvalue weighted by Gasteiger charge is 2.34. The number of hydrogen-bond donors (Lipinski definition) is 1. The third kappa shape index (κ3) is 4.02. The summed E-state index contributed by atoms with van der Waals surface area (Å²) >= 11 is 2.32. The van der Waals surface area contributed by atoms with E-state index in [1.807, 2.05) is 17.5 Å². The van der Waals surface area contributed by atoms with Crippen LogP contribution >= 0.6 is 22.7 Å². The van der Waals surface area contributed by atoms with Gasteiger partial charge in [0.1, 0.15) is 0 Å². The lowest BCUT2D eigenvalue weighted by Gasteiger charge is -2.08. The average Bonchev–Trinajstić information content (AvgIpc) is 2.99. The summed E-state index contributed by atoms with van der Waals surface area (Å²) in [6.45, 7) is 0. The van der Waals surface area contributed by atoms with E-state index in [2.05, 4.69) is 4.98 Å². The van der Waals surface area contributed by atoms with Gasteiger partial charge in [0.15, 0.2) is 5.01 Å². The first-order chi connectivity index (χ1) is 8.97. The molecule has 0 radical (unpaired) electrons. The Labute approximate surface area is 117 Å². The monoisotopic (exact) mass is 306 g/mol. The van der Waals surface area contributed by atoms with Crippen molar-refractivity contribution in [1.82, 2.24) is 4.98 Å². The van der Waals surface area contributed by atoms with Gasteiger partial charge in [-0.2, -0.15) is 13.2 Å². The lowest BCUT2D eigenvalue weighted by atomic mass is 10.1. The zero-order valence-electron chi connectivity index (χ0n) is 9.98. The van der Waals surface area contributed by atoms with E-state index in [0.717, 1.165) is 12.8 Å². The van der Waals surface area contributed by atoms with Crippen LogP contribution in [0.5, 0.6) is 0 Å². The molecule has 104 valence electrons. The number of nitrogens with zero attached hydrogens (tertiary/aromatic N) is 1. The highest BCUT2D eigenvalue weighted by Crippen LogP contribution is 2.34. The molecule has 0 amide bonds. The Kier molecular flexibility index (Phi) is 4.59. The van der Waals surface area contributed by atoms with Gasteiger partial charge in [0.25, 0.3) is 0 Å². The molecule has 1 unspecified atom stereocenters. The van der Waals surface area contributed by atoms with Crippen LogP contribution < -0.4 is 5.73 Å². The van der Waals surface area contributed by atoms with Crippen molar-refractivity contribution in [2.75, 3.05) is 0 Å². The summed E-state index contributed by atoms with van der Waals surface area (Å²) in [6, 6.07) is 3.66. The van der Waals surface area contributed by atoms with Crippen LogP contribution in [0.15, 0.2) is 23.7 Å². The Balaban J connectivity index is 1.86. The fourth-order valence-corrected chi connectivity index (χ4v) is 3.25. The maximum Gasteiger partial charge on any atom is 0.443 e. The number of alkyl halides is 3. The van der Waals surface area contributed by atoms with Crippen molar-refractivity contribution in [3.63, 3.8) is 0 Å². The summed E-state index contributed by atoms with van der Waals surface area (Å²) < 4.78 is 37.2. The van der Waals surface area contributed by atoms with Crippen molar-refractivity contribution in [2.45, 2.75) is 31.5 Å². The number of aromatic nitrogens is 1. The Morgan fingerprint density at radius 3 is 2.74 bits per heavy atom. The zero-order valence-corrected chi connectivity index (χ0v) is 11.6. The first kappa shape index (κ1) is 14.5. The molecule has 1 atom stereocenters. The minimum absolute atomic E-state index is 0.367. The van der Waals surface area contributed by atoms with E-state index in [4.69, 9.17) is 5.73 Å². The van der Waals surface area contributed by atoms with Gasteiger partial charge in [0.05, 0.1) is 0 Å². The summed E-state index contributed by atoms with van der Waals surface area (Å²) in [7, 11) is 0. The molecule has 0 aliphatic carbocycles. The first-order valence-electron chi connectivity index (χ1n) is 5.77. The zero-order chi connectivity index (χ0) is 13.9. The Bertz CT molecular complexity index is 505. The van der Waals surface area contributed by atoms with E-state index < -0.39 is 11.2 Å². The molecule has 0 saturated heterocycles. The van der Waals surface area contributed by atoms with Crippen molar-refractivity contribution in [3.05, 3.63) is 38.5 Å². The Morgan fingerprint density at radius 2 is 2.16 bits per heavy atom. The predicted molar refractivity (Wildman–Crippen MR) is 71.3 cm³/mol. The van der Waals surface area contributed by atoms with E-state index in [1.165, 1.54) is 11.1 Å². The molecule has 2 aromatic rings. The van der Waals surface area contributed by atoms with Crippen LogP contribution in [0, 0.1) is 0 Å². The third-order valence-electron chi connectivity index (χ3n) is 2.65. The van der Waals surface area contributed by atoms with Crippen LogP contribution in [0.25, 0.3) is 0 Å². The molecule has 0 bridgehead atoms. The van der Waals surface area contributed by atoms with Crippen LogP contribution in [0.3, 0.4) is 0 Å². The van der Waals surface area contributed by atoms with Crippen molar-refractivity contribution < 1.29 is 13.2 Å². The smallest absolute Gasteiger partial charge is 0.323 e. The SMILES string of the molecule is NC(CCCc1cccs1)c1cnc(C(F)(F)F)s1. The number of halogens is 3.